The fourth-order valence-corrected chi connectivity index (χ4v) is 3.17. The van der Waals surface area contributed by atoms with Gasteiger partial charge in [-0.15, -0.1) is 0 Å². The van der Waals surface area contributed by atoms with Gasteiger partial charge in [-0.2, -0.15) is 0 Å². The van der Waals surface area contributed by atoms with Crippen molar-refractivity contribution in [3.8, 4) is 0 Å². The molecule has 0 bridgehead atoms. The largest absolute Gasteiger partial charge is 0.480 e. The minimum Gasteiger partial charge on any atom is -0.480 e. The van der Waals surface area contributed by atoms with Crippen molar-refractivity contribution in [3.63, 3.8) is 0 Å². The fraction of sp³-hybridized carbons (Fsp3) is 0.471. The van der Waals surface area contributed by atoms with Gasteiger partial charge in [0, 0.05) is 24.0 Å². The number of halogens is 1. The van der Waals surface area contributed by atoms with E-state index in [1.54, 1.807) is 4.90 Å². The SMILES string of the molecule is O=C(O)CN(Cc1cccc(Br)c1)C(=O)CN1CCCCCC1=O. The zero-order valence-corrected chi connectivity index (χ0v) is 15.0. The van der Waals surface area contributed by atoms with E-state index in [4.69, 9.17) is 5.11 Å². The van der Waals surface area contributed by atoms with Gasteiger partial charge in [-0.05, 0) is 30.5 Å². The smallest absolute Gasteiger partial charge is 0.323 e. The van der Waals surface area contributed by atoms with Crippen molar-refractivity contribution in [2.45, 2.75) is 32.2 Å². The lowest BCUT2D eigenvalue weighted by Crippen LogP contribution is -2.44. The van der Waals surface area contributed by atoms with Crippen LogP contribution in [-0.4, -0.2) is 52.3 Å². The Morgan fingerprint density at radius 1 is 1.25 bits per heavy atom. The van der Waals surface area contributed by atoms with Gasteiger partial charge >= 0.3 is 5.97 Å². The van der Waals surface area contributed by atoms with Gasteiger partial charge in [0.2, 0.25) is 11.8 Å². The lowest BCUT2D eigenvalue weighted by Gasteiger charge is -2.26. The quantitative estimate of drug-likeness (QED) is 0.799. The minimum absolute atomic E-state index is 0.0291. The number of carboxylic acid groups (broad SMARTS) is 1. The van der Waals surface area contributed by atoms with Gasteiger partial charge in [-0.1, -0.05) is 34.5 Å². The second-order valence-electron chi connectivity index (χ2n) is 5.90. The maximum absolute atomic E-state index is 12.6. The van der Waals surface area contributed by atoms with Crippen LogP contribution < -0.4 is 0 Å². The van der Waals surface area contributed by atoms with Crippen molar-refractivity contribution in [1.82, 2.24) is 9.80 Å². The summed E-state index contributed by atoms with van der Waals surface area (Å²) in [4.78, 5) is 38.5. The summed E-state index contributed by atoms with van der Waals surface area (Å²) in [5, 5.41) is 9.08. The van der Waals surface area contributed by atoms with Crippen LogP contribution in [0.4, 0.5) is 0 Å². The number of carbonyl (C=O) groups excluding carboxylic acids is 2. The average Bonchev–Trinajstić information content (AvgIpc) is 2.71. The van der Waals surface area contributed by atoms with Crippen molar-refractivity contribution in [1.29, 1.82) is 0 Å². The molecule has 1 fully saturated rings. The first kappa shape index (κ1) is 18.4. The first-order chi connectivity index (χ1) is 11.5. The summed E-state index contributed by atoms with van der Waals surface area (Å²) in [6, 6.07) is 7.38. The molecule has 1 N–H and O–H groups in total. The van der Waals surface area contributed by atoms with Crippen molar-refractivity contribution in [3.05, 3.63) is 34.3 Å². The third kappa shape index (κ3) is 5.63. The van der Waals surface area contributed by atoms with E-state index < -0.39 is 5.97 Å². The summed E-state index contributed by atoms with van der Waals surface area (Å²) in [6.45, 7) is 0.322. The highest BCUT2D eigenvalue weighted by Crippen LogP contribution is 2.15. The highest BCUT2D eigenvalue weighted by Gasteiger charge is 2.23. The van der Waals surface area contributed by atoms with E-state index in [1.807, 2.05) is 24.3 Å². The summed E-state index contributed by atoms with van der Waals surface area (Å²) >= 11 is 3.36. The van der Waals surface area contributed by atoms with Gasteiger partial charge < -0.3 is 14.9 Å². The number of amides is 2. The molecule has 0 aromatic heterocycles. The number of hydrogen-bond acceptors (Lipinski definition) is 3. The van der Waals surface area contributed by atoms with Crippen LogP contribution in [0.1, 0.15) is 31.2 Å². The molecule has 24 heavy (non-hydrogen) atoms. The Morgan fingerprint density at radius 2 is 2.04 bits per heavy atom. The maximum Gasteiger partial charge on any atom is 0.323 e. The lowest BCUT2D eigenvalue weighted by molar-refractivity contribution is -0.146. The van der Waals surface area contributed by atoms with Crippen molar-refractivity contribution < 1.29 is 19.5 Å². The number of benzene rings is 1. The predicted molar refractivity (Wildman–Crippen MR) is 92.2 cm³/mol. The zero-order chi connectivity index (χ0) is 17.5. The standard InChI is InChI=1S/C17H21BrN2O4/c18-14-6-4-5-13(9-14)10-20(12-17(23)24)16(22)11-19-8-3-1-2-7-15(19)21/h4-6,9H,1-3,7-8,10-12H2,(H,23,24). The van der Waals surface area contributed by atoms with Gasteiger partial charge in [0.15, 0.2) is 0 Å². The van der Waals surface area contributed by atoms with E-state index >= 15 is 0 Å². The van der Waals surface area contributed by atoms with Crippen LogP contribution in [0.25, 0.3) is 0 Å². The maximum atomic E-state index is 12.6. The molecule has 0 unspecified atom stereocenters. The minimum atomic E-state index is -1.07. The number of hydrogen-bond donors (Lipinski definition) is 1. The number of rotatable bonds is 6. The highest BCUT2D eigenvalue weighted by atomic mass is 79.9. The van der Waals surface area contributed by atoms with Crippen molar-refractivity contribution in [2.75, 3.05) is 19.6 Å². The van der Waals surface area contributed by atoms with Gasteiger partial charge in [0.1, 0.15) is 6.54 Å². The van der Waals surface area contributed by atoms with Crippen LogP contribution in [0.15, 0.2) is 28.7 Å². The summed E-state index contributed by atoms with van der Waals surface area (Å²) in [5.41, 5.74) is 0.834. The van der Waals surface area contributed by atoms with Crippen LogP contribution in [0.5, 0.6) is 0 Å². The number of likely N-dealkylation sites (tertiary alicyclic amines) is 1. The third-order valence-electron chi connectivity index (χ3n) is 3.94. The van der Waals surface area contributed by atoms with Crippen LogP contribution in [0.3, 0.4) is 0 Å². The average molecular weight is 397 g/mol. The van der Waals surface area contributed by atoms with Crippen LogP contribution >= 0.6 is 15.9 Å². The van der Waals surface area contributed by atoms with E-state index in [0.717, 1.165) is 29.3 Å². The molecular formula is C17H21BrN2O4. The second kappa shape index (κ2) is 8.82. The van der Waals surface area contributed by atoms with Gasteiger partial charge in [0.05, 0.1) is 6.54 Å². The van der Waals surface area contributed by atoms with Crippen molar-refractivity contribution in [2.24, 2.45) is 0 Å². The second-order valence-corrected chi connectivity index (χ2v) is 6.82. The molecule has 2 amide bonds. The van der Waals surface area contributed by atoms with Gasteiger partial charge in [0.25, 0.3) is 0 Å². The van der Waals surface area contributed by atoms with E-state index in [9.17, 15) is 14.4 Å². The van der Waals surface area contributed by atoms with E-state index in [-0.39, 0.29) is 31.4 Å². The lowest BCUT2D eigenvalue weighted by atomic mass is 10.2. The molecule has 1 aliphatic heterocycles. The molecule has 1 saturated heterocycles. The molecular weight excluding hydrogens is 376 g/mol. The normalized spacial score (nSPS) is 15.0. The van der Waals surface area contributed by atoms with Crippen LogP contribution in [0, 0.1) is 0 Å². The molecule has 6 nitrogen and oxygen atoms in total. The molecule has 0 saturated carbocycles. The number of carbonyl (C=O) groups is 3. The zero-order valence-electron chi connectivity index (χ0n) is 13.4. The molecule has 1 aromatic carbocycles. The molecule has 1 heterocycles. The van der Waals surface area contributed by atoms with E-state index in [0.29, 0.717) is 13.0 Å². The van der Waals surface area contributed by atoms with E-state index in [1.165, 1.54) is 4.90 Å². The molecule has 1 aromatic rings. The first-order valence-electron chi connectivity index (χ1n) is 7.97. The molecule has 1 aliphatic rings. The number of nitrogens with zero attached hydrogens (tertiary/aromatic N) is 2. The van der Waals surface area contributed by atoms with E-state index in [2.05, 4.69) is 15.9 Å². The highest BCUT2D eigenvalue weighted by molar-refractivity contribution is 9.10. The molecule has 0 radical (unpaired) electrons. The first-order valence-corrected chi connectivity index (χ1v) is 8.77. The topological polar surface area (TPSA) is 77.9 Å². The van der Waals surface area contributed by atoms with Crippen LogP contribution in [-0.2, 0) is 20.9 Å². The summed E-state index contributed by atoms with van der Waals surface area (Å²) in [6.07, 6.45) is 3.16. The Hall–Kier alpha value is -1.89. The Morgan fingerprint density at radius 3 is 2.75 bits per heavy atom. The Kier molecular flexibility index (Phi) is 6.78. The van der Waals surface area contributed by atoms with Gasteiger partial charge in [-0.3, -0.25) is 14.4 Å². The Balaban J connectivity index is 2.06. The molecule has 0 atom stereocenters. The predicted octanol–water partition coefficient (Wildman–Crippen LogP) is 2.26. The number of aliphatic carboxylic acids is 1. The molecule has 2 rings (SSSR count). The van der Waals surface area contributed by atoms with Crippen LogP contribution in [0.2, 0.25) is 0 Å². The summed E-state index contributed by atoms with van der Waals surface area (Å²) in [5.74, 6) is -1.44. The number of carboxylic acids is 1. The molecule has 0 aliphatic carbocycles. The summed E-state index contributed by atoms with van der Waals surface area (Å²) in [7, 11) is 0. The fourth-order valence-electron chi connectivity index (χ4n) is 2.72. The molecule has 0 spiro atoms. The van der Waals surface area contributed by atoms with Crippen molar-refractivity contribution >= 4 is 33.7 Å². The molecule has 130 valence electrons. The Labute approximate surface area is 149 Å². The summed E-state index contributed by atoms with van der Waals surface area (Å²) < 4.78 is 0.866. The Bertz CT molecular complexity index is 620. The monoisotopic (exact) mass is 396 g/mol. The van der Waals surface area contributed by atoms with Gasteiger partial charge in [-0.25, -0.2) is 0 Å². The third-order valence-corrected chi connectivity index (χ3v) is 4.43. The molecule has 7 heteroatoms.